The van der Waals surface area contributed by atoms with Crippen LogP contribution in [0.4, 0.5) is 4.79 Å². The van der Waals surface area contributed by atoms with Gasteiger partial charge in [-0.2, -0.15) is 0 Å². The molecule has 7 heteroatoms. The molecule has 1 rings (SSSR count). The molecule has 1 amide bonds. The summed E-state index contributed by atoms with van der Waals surface area (Å²) in [6, 6.07) is 9.39. The van der Waals surface area contributed by atoms with Gasteiger partial charge in [0.2, 0.25) is 0 Å². The van der Waals surface area contributed by atoms with E-state index in [1.54, 1.807) is 0 Å². The number of hydrogen-bond acceptors (Lipinski definition) is 5. The first-order valence-corrected chi connectivity index (χ1v) is 11.4. The van der Waals surface area contributed by atoms with E-state index in [9.17, 15) is 4.79 Å². The topological polar surface area (TPSA) is 66.0 Å². The molecular weight excluding hydrogens is 485 g/mol. The normalized spacial score (nSPS) is 14.3. The lowest BCUT2D eigenvalue weighted by Gasteiger charge is -2.31. The molecule has 29 heavy (non-hydrogen) atoms. The van der Waals surface area contributed by atoms with Crippen LogP contribution in [0.2, 0.25) is 0 Å². The minimum atomic E-state index is -0.632. The molecule has 0 bridgehead atoms. The summed E-state index contributed by atoms with van der Waals surface area (Å²) in [6.45, 7) is 13.4. The van der Waals surface area contributed by atoms with Crippen LogP contribution in [0.25, 0.3) is 0 Å². The van der Waals surface area contributed by atoms with Gasteiger partial charge in [0.1, 0.15) is 11.6 Å². The van der Waals surface area contributed by atoms with Crippen LogP contribution < -0.4 is 5.32 Å². The maximum absolute atomic E-state index is 12.4. The molecule has 0 heterocycles. The highest BCUT2D eigenvalue weighted by atomic mass is 127. The number of alkyl carbamates (subject to hydrolysis) is 1. The summed E-state index contributed by atoms with van der Waals surface area (Å²) in [6.07, 6.45) is -1.15. The first-order chi connectivity index (χ1) is 13.5. The molecule has 2 atom stereocenters. The molecule has 0 radical (unpaired) electrons. The number of halogens is 1. The number of benzene rings is 1. The lowest BCUT2D eigenvalue weighted by atomic mass is 9.99. The Morgan fingerprint density at radius 1 is 1.07 bits per heavy atom. The monoisotopic (exact) mass is 521 g/mol. The maximum atomic E-state index is 12.4. The van der Waals surface area contributed by atoms with E-state index < -0.39 is 24.0 Å². The van der Waals surface area contributed by atoms with Gasteiger partial charge in [-0.25, -0.2) is 4.79 Å². The maximum Gasteiger partial charge on any atom is 0.408 e. The van der Waals surface area contributed by atoms with E-state index in [1.807, 2.05) is 51.1 Å². The molecule has 6 nitrogen and oxygen atoms in total. The van der Waals surface area contributed by atoms with E-state index in [2.05, 4.69) is 48.7 Å². The van der Waals surface area contributed by atoms with Crippen molar-refractivity contribution < 1.29 is 23.7 Å². The number of rotatable bonds is 11. The van der Waals surface area contributed by atoms with Gasteiger partial charge in [0.15, 0.2) is 6.29 Å². The summed E-state index contributed by atoms with van der Waals surface area (Å²) in [7, 11) is 0. The molecule has 166 valence electrons. The highest BCUT2D eigenvalue weighted by Crippen LogP contribution is 2.17. The van der Waals surface area contributed by atoms with E-state index in [-0.39, 0.29) is 12.0 Å². The van der Waals surface area contributed by atoms with Crippen molar-refractivity contribution in [1.82, 2.24) is 5.32 Å². The first-order valence-electron chi connectivity index (χ1n) is 9.90. The highest BCUT2D eigenvalue weighted by molar-refractivity contribution is 14.1. The summed E-state index contributed by atoms with van der Waals surface area (Å²) in [5.41, 5.74) is 0.432. The first kappa shape index (κ1) is 26.1. The standard InChI is InChI=1S/C22H36INO5/c1-21(2,3)16-28-19(27-13-12-23)18(24-20(25)29-22(4,5)6)15-26-14-17-10-8-7-9-11-17/h7-11,18-19H,12-16H2,1-6H3,(H,24,25)/t18?,19-/m1/s1. The molecule has 1 aromatic carbocycles. The lowest BCUT2D eigenvalue weighted by Crippen LogP contribution is -2.50. The Labute approximate surface area is 189 Å². The predicted molar refractivity (Wildman–Crippen MR) is 123 cm³/mol. The number of hydrogen-bond donors (Lipinski definition) is 1. The van der Waals surface area contributed by atoms with Crippen LogP contribution >= 0.6 is 22.6 Å². The number of amides is 1. The fourth-order valence-electron chi connectivity index (χ4n) is 2.30. The number of carbonyl (C=O) groups is 1. The third-order valence-corrected chi connectivity index (χ3v) is 3.92. The minimum Gasteiger partial charge on any atom is -0.444 e. The predicted octanol–water partition coefficient (Wildman–Crippen LogP) is 4.94. The van der Waals surface area contributed by atoms with Crippen molar-refractivity contribution in [1.29, 1.82) is 0 Å². The van der Waals surface area contributed by atoms with Crippen LogP contribution in [0.15, 0.2) is 30.3 Å². The van der Waals surface area contributed by atoms with Crippen LogP contribution in [0.5, 0.6) is 0 Å². The van der Waals surface area contributed by atoms with Crippen LogP contribution in [0, 0.1) is 5.41 Å². The molecule has 0 spiro atoms. The van der Waals surface area contributed by atoms with Gasteiger partial charge in [-0.15, -0.1) is 0 Å². The van der Waals surface area contributed by atoms with Crippen molar-refractivity contribution in [2.75, 3.05) is 24.2 Å². The number of carbonyl (C=O) groups excluding carboxylic acids is 1. The van der Waals surface area contributed by atoms with Crippen molar-refractivity contribution in [2.24, 2.45) is 5.41 Å². The van der Waals surface area contributed by atoms with Crippen LogP contribution in [0.3, 0.4) is 0 Å². The number of alkyl halides is 1. The molecule has 0 saturated heterocycles. The quantitative estimate of drug-likeness (QED) is 0.254. The van der Waals surface area contributed by atoms with Gasteiger partial charge >= 0.3 is 6.09 Å². The Balaban J connectivity index is 2.82. The molecule has 1 N–H and O–H groups in total. The average molecular weight is 521 g/mol. The van der Waals surface area contributed by atoms with Gasteiger partial charge in [-0.05, 0) is 31.7 Å². The van der Waals surface area contributed by atoms with E-state index in [0.29, 0.717) is 19.8 Å². The van der Waals surface area contributed by atoms with Gasteiger partial charge in [-0.1, -0.05) is 73.7 Å². The summed E-state index contributed by atoms with van der Waals surface area (Å²) in [4.78, 5) is 12.4. The molecule has 1 unspecified atom stereocenters. The van der Waals surface area contributed by atoms with Crippen LogP contribution in [0.1, 0.15) is 47.1 Å². The van der Waals surface area contributed by atoms with Gasteiger partial charge in [0.25, 0.3) is 0 Å². The van der Waals surface area contributed by atoms with Gasteiger partial charge in [0.05, 0.1) is 26.4 Å². The molecule has 1 aromatic rings. The van der Waals surface area contributed by atoms with Crippen molar-refractivity contribution >= 4 is 28.7 Å². The zero-order valence-corrected chi connectivity index (χ0v) is 20.7. The van der Waals surface area contributed by atoms with Crippen LogP contribution in [-0.4, -0.2) is 48.3 Å². The molecule has 0 aliphatic rings. The van der Waals surface area contributed by atoms with Gasteiger partial charge < -0.3 is 24.3 Å². The van der Waals surface area contributed by atoms with Crippen LogP contribution in [-0.2, 0) is 25.6 Å². The number of ether oxygens (including phenoxy) is 4. The van der Waals surface area contributed by atoms with E-state index >= 15 is 0 Å². The fraction of sp³-hybridized carbons (Fsp3) is 0.682. The average Bonchev–Trinajstić information content (AvgIpc) is 2.59. The van der Waals surface area contributed by atoms with Crippen molar-refractivity contribution in [3.8, 4) is 0 Å². The smallest absolute Gasteiger partial charge is 0.408 e. The van der Waals surface area contributed by atoms with Gasteiger partial charge in [0, 0.05) is 4.43 Å². The SMILES string of the molecule is CC(C)(C)CO[C@@H](OCCI)C(COCc1ccccc1)NC(=O)OC(C)(C)C. The van der Waals surface area contributed by atoms with E-state index in [4.69, 9.17) is 18.9 Å². The van der Waals surface area contributed by atoms with E-state index in [0.717, 1.165) is 9.99 Å². The third kappa shape index (κ3) is 13.1. The third-order valence-electron chi connectivity index (χ3n) is 3.48. The Bertz CT molecular complexity index is 583. The molecule has 0 aromatic heterocycles. The highest BCUT2D eigenvalue weighted by Gasteiger charge is 2.29. The molecule has 0 aliphatic carbocycles. The Morgan fingerprint density at radius 3 is 2.28 bits per heavy atom. The molecule has 0 fully saturated rings. The minimum absolute atomic E-state index is 0.0344. The Morgan fingerprint density at radius 2 is 1.72 bits per heavy atom. The molecular formula is C22H36INO5. The molecule has 0 saturated carbocycles. The fourth-order valence-corrected chi connectivity index (χ4v) is 2.55. The second-order valence-electron chi connectivity index (χ2n) is 9.05. The lowest BCUT2D eigenvalue weighted by molar-refractivity contribution is -0.176. The van der Waals surface area contributed by atoms with Crippen molar-refractivity contribution in [3.05, 3.63) is 35.9 Å². The zero-order valence-electron chi connectivity index (χ0n) is 18.5. The Kier molecular flexibility index (Phi) is 11.5. The van der Waals surface area contributed by atoms with Crippen molar-refractivity contribution in [2.45, 2.75) is 66.1 Å². The summed E-state index contributed by atoms with van der Waals surface area (Å²) in [5.74, 6) is 0. The summed E-state index contributed by atoms with van der Waals surface area (Å²) >= 11 is 2.24. The Hall–Kier alpha value is -0.900. The largest absolute Gasteiger partial charge is 0.444 e. The van der Waals surface area contributed by atoms with E-state index in [1.165, 1.54) is 0 Å². The van der Waals surface area contributed by atoms with Crippen molar-refractivity contribution in [3.63, 3.8) is 0 Å². The zero-order chi connectivity index (χ0) is 21.9. The second kappa shape index (κ2) is 12.7. The molecule has 0 aliphatic heterocycles. The summed E-state index contributed by atoms with van der Waals surface area (Å²) < 4.78 is 24.0. The summed E-state index contributed by atoms with van der Waals surface area (Å²) in [5, 5.41) is 2.87. The van der Waals surface area contributed by atoms with Gasteiger partial charge in [-0.3, -0.25) is 0 Å². The second-order valence-corrected chi connectivity index (χ2v) is 10.1. The number of nitrogens with one attached hydrogen (secondary N) is 1.